The third-order valence-corrected chi connectivity index (χ3v) is 9.25. The molecule has 0 bridgehead atoms. The van der Waals surface area contributed by atoms with E-state index in [0.717, 1.165) is 5.56 Å². The number of esters is 1. The second kappa shape index (κ2) is 5.74. The SMILES string of the molecule is CC(C)(C)[Si](C)(C)OCCC1OC(=O)c2cc(Cl)ccc21. The minimum atomic E-state index is -1.76. The Bertz CT molecular complexity index is 549. The largest absolute Gasteiger partial charge is 0.454 e. The zero-order chi connectivity index (χ0) is 15.8. The maximum Gasteiger partial charge on any atom is 0.339 e. The molecule has 1 heterocycles. The van der Waals surface area contributed by atoms with Gasteiger partial charge in [0.15, 0.2) is 8.32 Å². The number of ether oxygens (including phenoxy) is 1. The number of carbonyl (C=O) groups is 1. The Morgan fingerprint density at radius 2 is 2.00 bits per heavy atom. The summed E-state index contributed by atoms with van der Waals surface area (Å²) in [6.07, 6.45) is 0.474. The maximum atomic E-state index is 11.8. The number of halogens is 1. The van der Waals surface area contributed by atoms with Crippen molar-refractivity contribution in [2.24, 2.45) is 0 Å². The molecule has 1 aliphatic rings. The van der Waals surface area contributed by atoms with Gasteiger partial charge >= 0.3 is 5.97 Å². The lowest BCUT2D eigenvalue weighted by Crippen LogP contribution is -2.41. The van der Waals surface area contributed by atoms with E-state index < -0.39 is 8.32 Å². The monoisotopic (exact) mass is 326 g/mol. The van der Waals surface area contributed by atoms with E-state index in [2.05, 4.69) is 33.9 Å². The lowest BCUT2D eigenvalue weighted by atomic mass is 10.0. The molecule has 0 saturated heterocycles. The van der Waals surface area contributed by atoms with Crippen molar-refractivity contribution in [3.8, 4) is 0 Å². The molecule has 2 rings (SSSR count). The Balaban J connectivity index is 2.00. The Morgan fingerprint density at radius 1 is 1.33 bits per heavy atom. The predicted molar refractivity (Wildman–Crippen MR) is 87.4 cm³/mol. The van der Waals surface area contributed by atoms with Gasteiger partial charge in [-0.05, 0) is 30.3 Å². The average molecular weight is 327 g/mol. The van der Waals surface area contributed by atoms with Crippen molar-refractivity contribution in [3.63, 3.8) is 0 Å². The van der Waals surface area contributed by atoms with Gasteiger partial charge in [0.25, 0.3) is 0 Å². The first-order chi connectivity index (χ1) is 9.62. The van der Waals surface area contributed by atoms with Gasteiger partial charge < -0.3 is 9.16 Å². The van der Waals surface area contributed by atoms with E-state index in [1.54, 1.807) is 12.1 Å². The van der Waals surface area contributed by atoms with Crippen molar-refractivity contribution < 1.29 is 14.0 Å². The molecule has 116 valence electrons. The predicted octanol–water partition coefficient (Wildman–Crippen LogP) is 4.96. The van der Waals surface area contributed by atoms with Crippen molar-refractivity contribution in [2.45, 2.75) is 51.4 Å². The molecule has 1 aromatic rings. The normalized spacial score (nSPS) is 18.6. The number of hydrogen-bond donors (Lipinski definition) is 0. The van der Waals surface area contributed by atoms with Crippen LogP contribution in [0.25, 0.3) is 0 Å². The van der Waals surface area contributed by atoms with E-state index in [0.29, 0.717) is 23.6 Å². The molecule has 3 nitrogen and oxygen atoms in total. The quantitative estimate of drug-likeness (QED) is 0.579. The Hall–Kier alpha value is -0.843. The maximum absolute atomic E-state index is 11.8. The van der Waals surface area contributed by atoms with Gasteiger partial charge in [0, 0.05) is 23.6 Å². The zero-order valence-corrected chi connectivity index (χ0v) is 15.1. The topological polar surface area (TPSA) is 35.5 Å². The lowest BCUT2D eigenvalue weighted by Gasteiger charge is -2.36. The summed E-state index contributed by atoms with van der Waals surface area (Å²) in [6, 6.07) is 5.34. The first-order valence-electron chi connectivity index (χ1n) is 7.26. The molecule has 0 N–H and O–H groups in total. The molecule has 0 spiro atoms. The molecule has 1 aliphatic heterocycles. The fourth-order valence-corrected chi connectivity index (χ4v) is 3.33. The van der Waals surface area contributed by atoms with Crippen LogP contribution in [0.15, 0.2) is 18.2 Å². The number of rotatable bonds is 4. The first-order valence-corrected chi connectivity index (χ1v) is 10.5. The second-order valence-electron chi connectivity index (χ2n) is 7.02. The number of hydrogen-bond acceptors (Lipinski definition) is 3. The fourth-order valence-electron chi connectivity index (χ4n) is 2.09. The number of carbonyl (C=O) groups excluding carboxylic acids is 1. The van der Waals surface area contributed by atoms with Crippen LogP contribution in [0, 0.1) is 0 Å². The smallest absolute Gasteiger partial charge is 0.339 e. The van der Waals surface area contributed by atoms with Gasteiger partial charge in [-0.25, -0.2) is 4.79 Å². The summed E-state index contributed by atoms with van der Waals surface area (Å²) in [5.74, 6) is -0.287. The van der Waals surface area contributed by atoms with Gasteiger partial charge in [-0.3, -0.25) is 0 Å². The van der Waals surface area contributed by atoms with Gasteiger partial charge in [-0.1, -0.05) is 38.4 Å². The lowest BCUT2D eigenvalue weighted by molar-refractivity contribution is 0.0336. The van der Waals surface area contributed by atoms with Crippen LogP contribution in [0.5, 0.6) is 0 Å². The van der Waals surface area contributed by atoms with Crippen LogP contribution < -0.4 is 0 Å². The molecular weight excluding hydrogens is 304 g/mol. The number of cyclic esters (lactones) is 1. The van der Waals surface area contributed by atoms with Crippen LogP contribution in [-0.2, 0) is 9.16 Å². The van der Waals surface area contributed by atoms with Gasteiger partial charge in [0.1, 0.15) is 6.10 Å². The standard InChI is InChI=1S/C16H23ClO3Si/c1-16(2,3)21(4,5)19-9-8-14-12-7-6-11(17)10-13(12)15(18)20-14/h6-7,10,14H,8-9H2,1-5H3. The van der Waals surface area contributed by atoms with Crippen LogP contribution in [0.1, 0.15) is 49.2 Å². The highest BCUT2D eigenvalue weighted by Gasteiger charge is 2.38. The Morgan fingerprint density at radius 3 is 2.62 bits per heavy atom. The van der Waals surface area contributed by atoms with Crippen LogP contribution in [0.2, 0.25) is 23.2 Å². The minimum absolute atomic E-state index is 0.185. The molecule has 0 amide bonds. The van der Waals surface area contributed by atoms with E-state index in [4.69, 9.17) is 20.8 Å². The molecule has 1 unspecified atom stereocenters. The molecule has 0 aromatic heterocycles. The van der Waals surface area contributed by atoms with Crippen LogP contribution in [-0.4, -0.2) is 20.9 Å². The van der Waals surface area contributed by atoms with Crippen molar-refractivity contribution in [1.29, 1.82) is 0 Å². The fraction of sp³-hybridized carbons (Fsp3) is 0.562. The van der Waals surface area contributed by atoms with Crippen molar-refractivity contribution in [1.82, 2.24) is 0 Å². The van der Waals surface area contributed by atoms with Gasteiger partial charge in [0.2, 0.25) is 0 Å². The van der Waals surface area contributed by atoms with Gasteiger partial charge in [0.05, 0.1) is 5.56 Å². The number of benzene rings is 1. The van der Waals surface area contributed by atoms with Crippen LogP contribution in [0.4, 0.5) is 0 Å². The van der Waals surface area contributed by atoms with E-state index in [-0.39, 0.29) is 17.1 Å². The zero-order valence-electron chi connectivity index (χ0n) is 13.3. The summed E-state index contributed by atoms with van der Waals surface area (Å²) < 4.78 is 11.6. The van der Waals surface area contributed by atoms with Crippen molar-refractivity contribution in [2.75, 3.05) is 6.61 Å². The van der Waals surface area contributed by atoms with Crippen LogP contribution in [0.3, 0.4) is 0 Å². The molecule has 1 atom stereocenters. The minimum Gasteiger partial charge on any atom is -0.454 e. The first kappa shape index (κ1) is 16.5. The van der Waals surface area contributed by atoms with E-state index in [1.165, 1.54) is 0 Å². The summed E-state index contributed by atoms with van der Waals surface area (Å²) in [6.45, 7) is 11.7. The molecular formula is C16H23ClO3Si. The van der Waals surface area contributed by atoms with E-state index in [1.807, 2.05) is 6.07 Å². The van der Waals surface area contributed by atoms with E-state index >= 15 is 0 Å². The molecule has 0 fully saturated rings. The summed E-state index contributed by atoms with van der Waals surface area (Å²) in [5, 5.41) is 0.744. The summed E-state index contributed by atoms with van der Waals surface area (Å²) in [4.78, 5) is 11.8. The summed E-state index contributed by atoms with van der Waals surface area (Å²) in [5.41, 5.74) is 1.50. The highest BCUT2D eigenvalue weighted by Crippen LogP contribution is 2.38. The molecule has 5 heteroatoms. The summed E-state index contributed by atoms with van der Waals surface area (Å²) >= 11 is 5.92. The highest BCUT2D eigenvalue weighted by atomic mass is 35.5. The van der Waals surface area contributed by atoms with Crippen molar-refractivity contribution in [3.05, 3.63) is 34.3 Å². The second-order valence-corrected chi connectivity index (χ2v) is 12.3. The summed E-state index contributed by atoms with van der Waals surface area (Å²) in [7, 11) is -1.76. The molecule has 0 saturated carbocycles. The molecule has 0 aliphatic carbocycles. The van der Waals surface area contributed by atoms with Gasteiger partial charge in [-0.2, -0.15) is 0 Å². The third-order valence-electron chi connectivity index (χ3n) is 4.48. The number of fused-ring (bicyclic) bond motifs is 1. The van der Waals surface area contributed by atoms with Crippen molar-refractivity contribution >= 4 is 25.9 Å². The molecule has 1 aromatic carbocycles. The van der Waals surface area contributed by atoms with Gasteiger partial charge in [-0.15, -0.1) is 0 Å². The molecule has 0 radical (unpaired) electrons. The third kappa shape index (κ3) is 3.50. The average Bonchev–Trinajstić information content (AvgIpc) is 2.64. The Labute approximate surface area is 132 Å². The van der Waals surface area contributed by atoms with Crippen LogP contribution >= 0.6 is 11.6 Å². The highest BCUT2D eigenvalue weighted by molar-refractivity contribution is 6.74. The Kier molecular flexibility index (Phi) is 4.52. The molecule has 21 heavy (non-hydrogen) atoms. The van der Waals surface area contributed by atoms with E-state index in [9.17, 15) is 4.79 Å².